The summed E-state index contributed by atoms with van der Waals surface area (Å²) in [6.07, 6.45) is 0. The van der Waals surface area contributed by atoms with Crippen molar-refractivity contribution in [2.45, 2.75) is 19.3 Å². The van der Waals surface area contributed by atoms with Crippen molar-refractivity contribution in [1.29, 1.82) is 0 Å². The van der Waals surface area contributed by atoms with Gasteiger partial charge < -0.3 is 14.9 Å². The Morgan fingerprint density at radius 3 is 1.84 bits per heavy atom. The molecular formula is C16H18O3. The van der Waals surface area contributed by atoms with Crippen LogP contribution in [0.4, 0.5) is 0 Å². The summed E-state index contributed by atoms with van der Waals surface area (Å²) in [6.45, 7) is 3.93. The van der Waals surface area contributed by atoms with Gasteiger partial charge in [-0.2, -0.15) is 0 Å². The Bertz CT molecular complexity index is 527. The Kier molecular flexibility index (Phi) is 3.76. The first-order chi connectivity index (χ1) is 9.04. The minimum absolute atomic E-state index is 0.161. The Morgan fingerprint density at radius 1 is 0.895 bits per heavy atom. The van der Waals surface area contributed by atoms with Crippen LogP contribution in [0.1, 0.15) is 25.0 Å². The molecule has 0 aliphatic rings. The average Bonchev–Trinajstić information content (AvgIpc) is 2.40. The number of rotatable bonds is 4. The topological polar surface area (TPSA) is 49.7 Å². The van der Waals surface area contributed by atoms with Gasteiger partial charge >= 0.3 is 0 Å². The van der Waals surface area contributed by atoms with E-state index in [2.05, 4.69) is 13.8 Å². The lowest BCUT2D eigenvalue weighted by atomic mass is 9.78. The summed E-state index contributed by atoms with van der Waals surface area (Å²) >= 11 is 0. The zero-order chi connectivity index (χ0) is 13.9. The van der Waals surface area contributed by atoms with Crippen molar-refractivity contribution in [3.63, 3.8) is 0 Å². The summed E-state index contributed by atoms with van der Waals surface area (Å²) in [5, 5.41) is 18.1. The third-order valence-electron chi connectivity index (χ3n) is 3.40. The smallest absolute Gasteiger partial charge is 0.186 e. The van der Waals surface area contributed by atoms with E-state index in [9.17, 15) is 5.11 Å². The molecule has 19 heavy (non-hydrogen) atoms. The largest absolute Gasteiger partial charge is 0.508 e. The standard InChI is InChI=1S/C16H18O3/c1-16(2,12-3-7-14(18)8-4-12)13-5-9-15(10-6-13)19-11-17/h3-10,17-18H,11H2,1-2H3. The highest BCUT2D eigenvalue weighted by Gasteiger charge is 2.22. The Balaban J connectivity index is 2.30. The van der Waals surface area contributed by atoms with Gasteiger partial charge in [-0.25, -0.2) is 0 Å². The Hall–Kier alpha value is -2.00. The molecule has 0 radical (unpaired) electrons. The fraction of sp³-hybridized carbons (Fsp3) is 0.250. The molecule has 0 saturated heterocycles. The van der Waals surface area contributed by atoms with Crippen LogP contribution in [0.5, 0.6) is 11.5 Å². The van der Waals surface area contributed by atoms with Crippen molar-refractivity contribution in [3.05, 3.63) is 59.7 Å². The van der Waals surface area contributed by atoms with Crippen molar-refractivity contribution in [3.8, 4) is 11.5 Å². The molecule has 0 unspecified atom stereocenters. The summed E-state index contributed by atoms with van der Waals surface area (Å²) in [7, 11) is 0. The van der Waals surface area contributed by atoms with E-state index in [4.69, 9.17) is 9.84 Å². The van der Waals surface area contributed by atoms with E-state index in [-0.39, 0.29) is 18.0 Å². The molecule has 0 saturated carbocycles. The second kappa shape index (κ2) is 5.33. The van der Waals surface area contributed by atoms with Crippen molar-refractivity contribution in [1.82, 2.24) is 0 Å². The van der Waals surface area contributed by atoms with Gasteiger partial charge in [0.2, 0.25) is 0 Å². The van der Waals surface area contributed by atoms with Crippen LogP contribution in [-0.2, 0) is 5.41 Å². The minimum Gasteiger partial charge on any atom is -0.508 e. The molecule has 0 aliphatic carbocycles. The van der Waals surface area contributed by atoms with Crippen molar-refractivity contribution < 1.29 is 14.9 Å². The SMILES string of the molecule is CC(C)(c1ccc(O)cc1)c1ccc(OCO)cc1. The lowest BCUT2D eigenvalue weighted by molar-refractivity contribution is 0.0985. The van der Waals surface area contributed by atoms with E-state index < -0.39 is 0 Å². The molecule has 2 rings (SSSR count). The molecule has 0 atom stereocenters. The molecule has 0 bridgehead atoms. The Labute approximate surface area is 113 Å². The molecule has 0 amide bonds. The highest BCUT2D eigenvalue weighted by molar-refractivity contribution is 5.41. The van der Waals surface area contributed by atoms with Crippen molar-refractivity contribution in [2.75, 3.05) is 6.79 Å². The maximum atomic E-state index is 9.35. The first kappa shape index (κ1) is 13.4. The molecule has 0 fully saturated rings. The predicted octanol–water partition coefficient (Wildman–Crippen LogP) is 3.05. The van der Waals surface area contributed by atoms with Gasteiger partial charge in [0.1, 0.15) is 11.5 Å². The number of hydrogen-bond acceptors (Lipinski definition) is 3. The highest BCUT2D eigenvalue weighted by atomic mass is 16.6. The fourth-order valence-electron chi connectivity index (χ4n) is 2.09. The monoisotopic (exact) mass is 258 g/mol. The number of phenolic OH excluding ortho intramolecular Hbond substituents is 1. The third-order valence-corrected chi connectivity index (χ3v) is 3.40. The summed E-state index contributed by atoms with van der Waals surface area (Å²) in [4.78, 5) is 0. The lowest BCUT2D eigenvalue weighted by Gasteiger charge is -2.26. The lowest BCUT2D eigenvalue weighted by Crippen LogP contribution is -2.18. The van der Waals surface area contributed by atoms with Crippen molar-refractivity contribution >= 4 is 0 Å². The number of hydrogen-bond donors (Lipinski definition) is 2. The molecule has 3 nitrogen and oxygen atoms in total. The zero-order valence-corrected chi connectivity index (χ0v) is 11.1. The fourth-order valence-corrected chi connectivity index (χ4v) is 2.09. The second-order valence-corrected chi connectivity index (χ2v) is 4.97. The van der Waals surface area contributed by atoms with Crippen LogP contribution in [0.25, 0.3) is 0 Å². The second-order valence-electron chi connectivity index (χ2n) is 4.97. The van der Waals surface area contributed by atoms with E-state index >= 15 is 0 Å². The van der Waals surface area contributed by atoms with Crippen LogP contribution in [0.15, 0.2) is 48.5 Å². The maximum absolute atomic E-state index is 9.35. The molecule has 3 heteroatoms. The molecule has 100 valence electrons. The summed E-state index contributed by atoms with van der Waals surface area (Å²) in [5.74, 6) is 0.916. The predicted molar refractivity (Wildman–Crippen MR) is 74.4 cm³/mol. The van der Waals surface area contributed by atoms with E-state index in [1.165, 1.54) is 0 Å². The van der Waals surface area contributed by atoms with Crippen molar-refractivity contribution in [2.24, 2.45) is 0 Å². The number of aromatic hydroxyl groups is 1. The van der Waals surface area contributed by atoms with E-state index in [0.717, 1.165) is 11.1 Å². The normalized spacial score (nSPS) is 11.3. The molecule has 0 heterocycles. The van der Waals surface area contributed by atoms with Crippen LogP contribution in [0.3, 0.4) is 0 Å². The maximum Gasteiger partial charge on any atom is 0.186 e. The molecule has 0 aromatic heterocycles. The molecule has 2 aromatic carbocycles. The van der Waals surface area contributed by atoms with Gasteiger partial charge in [-0.3, -0.25) is 0 Å². The van der Waals surface area contributed by atoms with Crippen LogP contribution < -0.4 is 4.74 Å². The highest BCUT2D eigenvalue weighted by Crippen LogP contribution is 2.33. The molecule has 0 aliphatic heterocycles. The van der Waals surface area contributed by atoms with Crippen LogP contribution in [0.2, 0.25) is 0 Å². The molecule has 2 N–H and O–H groups in total. The van der Waals surface area contributed by atoms with Crippen LogP contribution in [-0.4, -0.2) is 17.0 Å². The number of aliphatic hydroxyl groups is 1. The van der Waals surface area contributed by atoms with E-state index in [1.807, 2.05) is 36.4 Å². The quantitative estimate of drug-likeness (QED) is 0.829. The van der Waals surface area contributed by atoms with Crippen LogP contribution in [0, 0.1) is 0 Å². The van der Waals surface area contributed by atoms with E-state index in [1.54, 1.807) is 12.1 Å². The minimum atomic E-state index is -0.319. The zero-order valence-electron chi connectivity index (χ0n) is 11.1. The third kappa shape index (κ3) is 2.88. The molecule has 0 spiro atoms. The molecule has 2 aromatic rings. The van der Waals surface area contributed by atoms with Gasteiger partial charge in [0.05, 0.1) is 0 Å². The summed E-state index contributed by atoms with van der Waals surface area (Å²) in [5.41, 5.74) is 2.11. The number of benzene rings is 2. The molecular weight excluding hydrogens is 240 g/mol. The van der Waals surface area contributed by atoms with Gasteiger partial charge in [-0.1, -0.05) is 38.1 Å². The van der Waals surface area contributed by atoms with E-state index in [0.29, 0.717) is 5.75 Å². The summed E-state index contributed by atoms with van der Waals surface area (Å²) in [6, 6.07) is 14.9. The first-order valence-corrected chi connectivity index (χ1v) is 6.18. The van der Waals surface area contributed by atoms with Gasteiger partial charge in [0.15, 0.2) is 6.79 Å². The van der Waals surface area contributed by atoms with Gasteiger partial charge in [0.25, 0.3) is 0 Å². The van der Waals surface area contributed by atoms with Gasteiger partial charge in [0, 0.05) is 5.41 Å². The van der Waals surface area contributed by atoms with Gasteiger partial charge in [-0.15, -0.1) is 0 Å². The van der Waals surface area contributed by atoms with Gasteiger partial charge in [-0.05, 0) is 35.4 Å². The summed E-state index contributed by atoms with van der Waals surface area (Å²) < 4.78 is 5.02. The Morgan fingerprint density at radius 2 is 1.37 bits per heavy atom. The van der Waals surface area contributed by atoms with Crippen LogP contribution >= 0.6 is 0 Å². The number of aliphatic hydroxyl groups excluding tert-OH is 1. The average molecular weight is 258 g/mol. The number of phenols is 1. The first-order valence-electron chi connectivity index (χ1n) is 6.18. The number of ether oxygens (including phenoxy) is 1.